The summed E-state index contributed by atoms with van der Waals surface area (Å²) in [6.45, 7) is 12.1. The number of nitrogens with one attached hydrogen (secondary N) is 1. The highest BCUT2D eigenvalue weighted by Crippen LogP contribution is 2.13. The lowest BCUT2D eigenvalue weighted by Crippen LogP contribution is -2.45. The molecule has 128 valence electrons. The minimum absolute atomic E-state index is 0.0506. The Balaban J connectivity index is 1.75. The molecule has 0 bridgehead atoms. The third-order valence-electron chi connectivity index (χ3n) is 4.55. The van der Waals surface area contributed by atoms with Gasteiger partial charge in [-0.25, -0.2) is 0 Å². The van der Waals surface area contributed by atoms with Gasteiger partial charge in [0, 0.05) is 31.2 Å². The predicted octanol–water partition coefficient (Wildman–Crippen LogP) is 2.92. The lowest BCUT2D eigenvalue weighted by Gasteiger charge is -2.32. The number of piperidine rings is 1. The number of rotatable bonds is 6. The van der Waals surface area contributed by atoms with Crippen LogP contribution in [-0.2, 0) is 4.74 Å². The fourth-order valence-corrected chi connectivity index (χ4v) is 2.87. The van der Waals surface area contributed by atoms with Crippen molar-refractivity contribution in [3.8, 4) is 0 Å². The molecule has 1 saturated heterocycles. The molecule has 0 aromatic heterocycles. The van der Waals surface area contributed by atoms with Crippen LogP contribution in [-0.4, -0.2) is 49.2 Å². The zero-order chi connectivity index (χ0) is 16.8. The number of carbonyl (C=O) groups excluding carboxylic acids is 1. The lowest BCUT2D eigenvalue weighted by atomic mass is 10.0. The third-order valence-corrected chi connectivity index (χ3v) is 4.55. The molecule has 0 saturated carbocycles. The molecule has 2 rings (SSSR count). The van der Waals surface area contributed by atoms with Crippen LogP contribution in [0.25, 0.3) is 0 Å². The molecule has 1 aliphatic heterocycles. The number of hydrogen-bond acceptors (Lipinski definition) is 3. The van der Waals surface area contributed by atoms with Crippen LogP contribution in [0.1, 0.15) is 48.2 Å². The molecule has 0 spiro atoms. The number of hydrogen-bond donors (Lipinski definition) is 1. The van der Waals surface area contributed by atoms with Gasteiger partial charge >= 0.3 is 0 Å². The van der Waals surface area contributed by atoms with Crippen molar-refractivity contribution in [3.05, 3.63) is 34.9 Å². The molecule has 0 unspecified atom stereocenters. The van der Waals surface area contributed by atoms with Crippen molar-refractivity contribution in [1.82, 2.24) is 10.2 Å². The fourth-order valence-electron chi connectivity index (χ4n) is 2.87. The van der Waals surface area contributed by atoms with E-state index in [0.717, 1.165) is 50.2 Å². The maximum atomic E-state index is 12.4. The third kappa shape index (κ3) is 5.63. The Morgan fingerprint density at radius 3 is 2.57 bits per heavy atom. The Hall–Kier alpha value is -1.39. The Bertz CT molecular complexity index is 520. The van der Waals surface area contributed by atoms with Crippen LogP contribution >= 0.6 is 0 Å². The molecule has 23 heavy (non-hydrogen) atoms. The number of aryl methyl sites for hydroxylation is 2. The van der Waals surface area contributed by atoms with Crippen molar-refractivity contribution in [1.29, 1.82) is 0 Å². The molecule has 0 aliphatic carbocycles. The second-order valence-corrected chi connectivity index (χ2v) is 6.81. The molecule has 1 heterocycles. The molecule has 1 N–H and O–H groups in total. The summed E-state index contributed by atoms with van der Waals surface area (Å²) >= 11 is 0. The van der Waals surface area contributed by atoms with Crippen LogP contribution in [0.4, 0.5) is 0 Å². The average molecular weight is 318 g/mol. The largest absolute Gasteiger partial charge is 0.377 e. The summed E-state index contributed by atoms with van der Waals surface area (Å²) < 4.78 is 5.60. The van der Waals surface area contributed by atoms with Crippen molar-refractivity contribution >= 4 is 5.91 Å². The standard InChI is InChI=1S/C19H30N2O2/c1-14(2)23-12-11-21-9-7-18(8-10-21)20-19(22)17-6-5-15(3)16(4)13-17/h5-6,13-14,18H,7-12H2,1-4H3,(H,20,22). The number of nitrogens with zero attached hydrogens (tertiary/aromatic N) is 1. The predicted molar refractivity (Wildman–Crippen MR) is 93.9 cm³/mol. The van der Waals surface area contributed by atoms with Crippen molar-refractivity contribution in [3.63, 3.8) is 0 Å². The maximum Gasteiger partial charge on any atom is 0.251 e. The van der Waals surface area contributed by atoms with E-state index in [1.54, 1.807) is 0 Å². The van der Waals surface area contributed by atoms with Crippen molar-refractivity contribution in [2.24, 2.45) is 0 Å². The highest BCUT2D eigenvalue weighted by atomic mass is 16.5. The first kappa shape index (κ1) is 18.0. The van der Waals surface area contributed by atoms with E-state index >= 15 is 0 Å². The summed E-state index contributed by atoms with van der Waals surface area (Å²) in [7, 11) is 0. The molecule has 1 amide bonds. The van der Waals surface area contributed by atoms with Gasteiger partial charge in [0.05, 0.1) is 12.7 Å². The van der Waals surface area contributed by atoms with Gasteiger partial charge in [0.25, 0.3) is 5.91 Å². The Morgan fingerprint density at radius 1 is 1.26 bits per heavy atom. The SMILES string of the molecule is Cc1ccc(C(=O)NC2CCN(CCOC(C)C)CC2)cc1C. The van der Waals surface area contributed by atoms with Crippen molar-refractivity contribution < 1.29 is 9.53 Å². The van der Waals surface area contributed by atoms with E-state index in [2.05, 4.69) is 31.0 Å². The highest BCUT2D eigenvalue weighted by Gasteiger charge is 2.21. The monoisotopic (exact) mass is 318 g/mol. The number of likely N-dealkylation sites (tertiary alicyclic amines) is 1. The molecule has 1 fully saturated rings. The summed E-state index contributed by atoms with van der Waals surface area (Å²) in [5, 5.41) is 3.18. The summed E-state index contributed by atoms with van der Waals surface area (Å²) in [6.07, 6.45) is 2.32. The second kappa shape index (κ2) is 8.46. The number of benzene rings is 1. The Morgan fingerprint density at radius 2 is 1.96 bits per heavy atom. The van der Waals surface area contributed by atoms with Gasteiger partial charge in [0.1, 0.15) is 0 Å². The lowest BCUT2D eigenvalue weighted by molar-refractivity contribution is 0.0520. The molecular formula is C19H30N2O2. The minimum Gasteiger partial charge on any atom is -0.377 e. The van der Waals surface area contributed by atoms with Crippen molar-refractivity contribution in [2.75, 3.05) is 26.2 Å². The van der Waals surface area contributed by atoms with Crippen molar-refractivity contribution in [2.45, 2.75) is 52.7 Å². The van der Waals surface area contributed by atoms with Gasteiger partial charge in [0.2, 0.25) is 0 Å². The van der Waals surface area contributed by atoms with E-state index in [1.807, 2.05) is 25.1 Å². The first-order chi connectivity index (χ1) is 11.0. The van der Waals surface area contributed by atoms with Gasteiger partial charge in [-0.3, -0.25) is 4.79 Å². The quantitative estimate of drug-likeness (QED) is 0.877. The average Bonchev–Trinajstić information content (AvgIpc) is 2.51. The first-order valence-electron chi connectivity index (χ1n) is 8.68. The fraction of sp³-hybridized carbons (Fsp3) is 0.632. The van der Waals surface area contributed by atoms with Gasteiger partial charge in [-0.05, 0) is 63.8 Å². The molecular weight excluding hydrogens is 288 g/mol. The first-order valence-corrected chi connectivity index (χ1v) is 8.68. The molecule has 1 aromatic carbocycles. The van der Waals surface area contributed by atoms with E-state index in [0.29, 0.717) is 6.10 Å². The van der Waals surface area contributed by atoms with Crippen LogP contribution < -0.4 is 5.32 Å². The normalized spacial score (nSPS) is 16.7. The topological polar surface area (TPSA) is 41.6 Å². The van der Waals surface area contributed by atoms with Gasteiger partial charge in [-0.2, -0.15) is 0 Å². The van der Waals surface area contributed by atoms with Gasteiger partial charge in [0.15, 0.2) is 0 Å². The van der Waals surface area contributed by atoms with Gasteiger partial charge in [-0.1, -0.05) is 6.07 Å². The second-order valence-electron chi connectivity index (χ2n) is 6.81. The number of carbonyl (C=O) groups is 1. The van der Waals surface area contributed by atoms with Gasteiger partial charge in [-0.15, -0.1) is 0 Å². The number of ether oxygens (including phenoxy) is 1. The van der Waals surface area contributed by atoms with E-state index in [4.69, 9.17) is 4.74 Å². The van der Waals surface area contributed by atoms with E-state index < -0.39 is 0 Å². The molecule has 0 radical (unpaired) electrons. The minimum atomic E-state index is 0.0506. The summed E-state index contributed by atoms with van der Waals surface area (Å²) in [6, 6.07) is 6.19. The van der Waals surface area contributed by atoms with Gasteiger partial charge < -0.3 is 15.0 Å². The molecule has 0 atom stereocenters. The van der Waals surface area contributed by atoms with E-state index in [1.165, 1.54) is 5.56 Å². The Labute approximate surface area is 140 Å². The smallest absolute Gasteiger partial charge is 0.251 e. The van der Waals surface area contributed by atoms with Crippen LogP contribution in [0.15, 0.2) is 18.2 Å². The molecule has 4 nitrogen and oxygen atoms in total. The zero-order valence-corrected chi connectivity index (χ0v) is 14.9. The van der Waals surface area contributed by atoms with Crippen LogP contribution in [0.5, 0.6) is 0 Å². The Kier molecular flexibility index (Phi) is 6.60. The van der Waals surface area contributed by atoms with Crippen LogP contribution in [0, 0.1) is 13.8 Å². The van der Waals surface area contributed by atoms with Crippen LogP contribution in [0.2, 0.25) is 0 Å². The highest BCUT2D eigenvalue weighted by molar-refractivity contribution is 5.94. The molecule has 4 heteroatoms. The zero-order valence-electron chi connectivity index (χ0n) is 14.9. The summed E-state index contributed by atoms with van der Waals surface area (Å²) in [5.41, 5.74) is 3.15. The molecule has 1 aromatic rings. The van der Waals surface area contributed by atoms with Crippen LogP contribution in [0.3, 0.4) is 0 Å². The molecule has 1 aliphatic rings. The maximum absolute atomic E-state index is 12.4. The summed E-state index contributed by atoms with van der Waals surface area (Å²) in [4.78, 5) is 14.8. The number of amides is 1. The summed E-state index contributed by atoms with van der Waals surface area (Å²) in [5.74, 6) is 0.0506. The van der Waals surface area contributed by atoms with E-state index in [9.17, 15) is 4.79 Å². The van der Waals surface area contributed by atoms with E-state index in [-0.39, 0.29) is 11.9 Å².